The van der Waals surface area contributed by atoms with Crippen molar-refractivity contribution in [2.75, 3.05) is 4.90 Å². The van der Waals surface area contributed by atoms with Crippen molar-refractivity contribution in [3.05, 3.63) is 199 Å². The third-order valence-electron chi connectivity index (χ3n) is 12.0. The van der Waals surface area contributed by atoms with E-state index in [-0.39, 0.29) is 5.41 Å². The highest BCUT2D eigenvalue weighted by molar-refractivity contribution is 6.27. The lowest BCUT2D eigenvalue weighted by molar-refractivity contribution is 0.704. The highest BCUT2D eigenvalue weighted by Crippen LogP contribution is 2.48. The molecule has 1 aliphatic rings. The molecular weight excluding hydrogens is 651 g/mol. The summed E-state index contributed by atoms with van der Waals surface area (Å²) in [6.45, 7) is 4.69. The van der Waals surface area contributed by atoms with Crippen LogP contribution in [-0.2, 0) is 5.41 Å². The summed E-state index contributed by atoms with van der Waals surface area (Å²) in [5, 5.41) is 15.3. The number of fused-ring (bicyclic) bond motifs is 13. The van der Waals surface area contributed by atoms with E-state index in [9.17, 15) is 0 Å². The third-order valence-corrected chi connectivity index (χ3v) is 12.0. The largest absolute Gasteiger partial charge is 0.310 e. The molecule has 0 unspecified atom stereocenters. The molecule has 254 valence electrons. The van der Waals surface area contributed by atoms with E-state index in [0.717, 1.165) is 17.1 Å². The Kier molecular flexibility index (Phi) is 6.66. The summed E-state index contributed by atoms with van der Waals surface area (Å²) in [6.07, 6.45) is 2.37. The van der Waals surface area contributed by atoms with Gasteiger partial charge in [0, 0.05) is 22.5 Å². The van der Waals surface area contributed by atoms with E-state index in [1.807, 2.05) is 0 Å². The molecule has 0 radical (unpaired) electrons. The van der Waals surface area contributed by atoms with E-state index in [1.165, 1.54) is 86.9 Å². The molecule has 0 spiro atoms. The van der Waals surface area contributed by atoms with E-state index in [2.05, 4.69) is 207 Å². The number of benzene rings is 10. The van der Waals surface area contributed by atoms with Crippen LogP contribution < -0.4 is 4.90 Å². The molecule has 0 fully saturated rings. The lowest BCUT2D eigenvalue weighted by atomic mass is 9.78. The molecule has 10 aromatic carbocycles. The maximum Gasteiger partial charge on any atom is 0.0468 e. The van der Waals surface area contributed by atoms with Crippen molar-refractivity contribution < 1.29 is 0 Å². The topological polar surface area (TPSA) is 3.24 Å². The second-order valence-corrected chi connectivity index (χ2v) is 15.3. The molecule has 1 heteroatoms. The number of allylic oxidation sites excluding steroid dienone is 1. The highest BCUT2D eigenvalue weighted by Gasteiger charge is 2.33. The van der Waals surface area contributed by atoms with Gasteiger partial charge < -0.3 is 4.90 Å². The summed E-state index contributed by atoms with van der Waals surface area (Å²) in [5.41, 5.74) is 8.64. The van der Waals surface area contributed by atoms with Crippen LogP contribution >= 0.6 is 0 Å². The second-order valence-electron chi connectivity index (χ2n) is 15.3. The van der Waals surface area contributed by atoms with E-state index in [0.29, 0.717) is 0 Å². The fourth-order valence-corrected chi connectivity index (χ4v) is 9.42. The molecule has 0 N–H and O–H groups in total. The Morgan fingerprint density at radius 2 is 0.685 bits per heavy atom. The summed E-state index contributed by atoms with van der Waals surface area (Å²) >= 11 is 0. The molecule has 10 aromatic rings. The first-order valence-corrected chi connectivity index (χ1v) is 18.9. The smallest absolute Gasteiger partial charge is 0.0468 e. The Morgan fingerprint density at radius 1 is 0.333 bits per heavy atom. The lowest BCUT2D eigenvalue weighted by Crippen LogP contribution is -2.16. The minimum absolute atomic E-state index is 0.0673. The van der Waals surface area contributed by atoms with Gasteiger partial charge in [0.05, 0.1) is 0 Å². The van der Waals surface area contributed by atoms with Gasteiger partial charge in [0.15, 0.2) is 0 Å². The number of nitrogens with zero attached hydrogens (tertiary/aromatic N) is 1. The average Bonchev–Trinajstić information content (AvgIpc) is 3.51. The van der Waals surface area contributed by atoms with Crippen LogP contribution in [0.3, 0.4) is 0 Å². The standard InChI is InChI=1S/C53H37N/c1-53(2)51-22-12-3-13-35(51)31-52(53)34-23-25-36(26-24-34)54(37-27-29-47-43-18-6-4-14-39(43)41-16-8-10-20-45(41)49(47)32-37)38-28-30-48-44-19-7-5-15-40(44)42-17-9-11-21-46(42)50(48)33-38/h3-33H,1-2H3. The number of anilines is 3. The Morgan fingerprint density at radius 3 is 1.11 bits per heavy atom. The zero-order chi connectivity index (χ0) is 36.0. The van der Waals surface area contributed by atoms with Crippen molar-refractivity contribution in [2.45, 2.75) is 19.3 Å². The van der Waals surface area contributed by atoms with Crippen LogP contribution in [0.1, 0.15) is 30.5 Å². The van der Waals surface area contributed by atoms with Crippen molar-refractivity contribution in [3.63, 3.8) is 0 Å². The summed E-state index contributed by atoms with van der Waals surface area (Å²) in [7, 11) is 0. The summed E-state index contributed by atoms with van der Waals surface area (Å²) in [6, 6.07) is 67.4. The van der Waals surface area contributed by atoms with Gasteiger partial charge in [-0.1, -0.05) is 159 Å². The number of hydrogen-bond acceptors (Lipinski definition) is 1. The summed E-state index contributed by atoms with van der Waals surface area (Å²) < 4.78 is 0. The molecule has 0 saturated carbocycles. The van der Waals surface area contributed by atoms with E-state index >= 15 is 0 Å². The van der Waals surface area contributed by atoms with Crippen molar-refractivity contribution in [3.8, 4) is 0 Å². The summed E-state index contributed by atoms with van der Waals surface area (Å²) in [5.74, 6) is 0. The second kappa shape index (κ2) is 11.7. The molecule has 1 aliphatic carbocycles. The van der Waals surface area contributed by atoms with Crippen LogP contribution in [0.4, 0.5) is 17.1 Å². The maximum atomic E-state index is 2.44. The molecule has 0 aromatic heterocycles. The van der Waals surface area contributed by atoms with Crippen LogP contribution in [0.25, 0.3) is 76.3 Å². The SMILES string of the molecule is CC1(C)C(c2ccc(N(c3ccc4c5ccccc5c5ccccc5c4c3)c3ccc4c5ccccc5c5ccccc5c4c3)cc2)=Cc2ccccc21. The Hall–Kier alpha value is -6.70. The van der Waals surface area contributed by atoms with Crippen LogP contribution in [0.15, 0.2) is 182 Å². The highest BCUT2D eigenvalue weighted by atomic mass is 15.1. The van der Waals surface area contributed by atoms with Crippen molar-refractivity contribution in [2.24, 2.45) is 0 Å². The minimum atomic E-state index is -0.0673. The molecule has 0 bridgehead atoms. The summed E-state index contributed by atoms with van der Waals surface area (Å²) in [4.78, 5) is 2.44. The average molecular weight is 688 g/mol. The fraction of sp³-hybridized carbons (Fsp3) is 0.0566. The van der Waals surface area contributed by atoms with Gasteiger partial charge in [0.1, 0.15) is 0 Å². The normalized spacial score (nSPS) is 13.6. The number of rotatable bonds is 4. The molecular formula is C53H37N. The van der Waals surface area contributed by atoms with Gasteiger partial charge in [-0.2, -0.15) is 0 Å². The van der Waals surface area contributed by atoms with Gasteiger partial charge in [-0.05, 0) is 129 Å². The van der Waals surface area contributed by atoms with Gasteiger partial charge >= 0.3 is 0 Å². The first kappa shape index (κ1) is 30.9. The minimum Gasteiger partial charge on any atom is -0.310 e. The molecule has 0 heterocycles. The van der Waals surface area contributed by atoms with Crippen molar-refractivity contribution in [1.29, 1.82) is 0 Å². The molecule has 1 nitrogen and oxygen atoms in total. The molecule has 54 heavy (non-hydrogen) atoms. The predicted octanol–water partition coefficient (Wildman–Crippen LogP) is 14.9. The van der Waals surface area contributed by atoms with Crippen LogP contribution in [-0.4, -0.2) is 0 Å². The van der Waals surface area contributed by atoms with Crippen LogP contribution in [0.2, 0.25) is 0 Å². The lowest BCUT2D eigenvalue weighted by Gasteiger charge is -2.28. The maximum absolute atomic E-state index is 2.44. The zero-order valence-corrected chi connectivity index (χ0v) is 30.3. The molecule has 0 atom stereocenters. The first-order chi connectivity index (χ1) is 26.5. The van der Waals surface area contributed by atoms with E-state index in [4.69, 9.17) is 0 Å². The van der Waals surface area contributed by atoms with Crippen molar-refractivity contribution in [1.82, 2.24) is 0 Å². The van der Waals surface area contributed by atoms with Gasteiger partial charge in [0.2, 0.25) is 0 Å². The quantitative estimate of drug-likeness (QED) is 0.167. The monoisotopic (exact) mass is 687 g/mol. The predicted molar refractivity (Wildman–Crippen MR) is 233 cm³/mol. The molecule has 0 saturated heterocycles. The fourth-order valence-electron chi connectivity index (χ4n) is 9.42. The van der Waals surface area contributed by atoms with E-state index in [1.54, 1.807) is 0 Å². The third kappa shape index (κ3) is 4.52. The zero-order valence-electron chi connectivity index (χ0n) is 30.3. The van der Waals surface area contributed by atoms with Crippen LogP contribution in [0, 0.1) is 0 Å². The van der Waals surface area contributed by atoms with Gasteiger partial charge in [0.25, 0.3) is 0 Å². The Balaban J connectivity index is 1.15. The Bertz CT molecular complexity index is 2950. The van der Waals surface area contributed by atoms with E-state index < -0.39 is 0 Å². The van der Waals surface area contributed by atoms with Crippen molar-refractivity contribution >= 4 is 93.3 Å². The molecule has 11 rings (SSSR count). The number of hydrogen-bond donors (Lipinski definition) is 0. The van der Waals surface area contributed by atoms with Gasteiger partial charge in [-0.3, -0.25) is 0 Å². The first-order valence-electron chi connectivity index (χ1n) is 18.9. The van der Waals surface area contributed by atoms with Gasteiger partial charge in [-0.25, -0.2) is 0 Å². The molecule has 0 aliphatic heterocycles. The van der Waals surface area contributed by atoms with Gasteiger partial charge in [-0.15, -0.1) is 0 Å². The van der Waals surface area contributed by atoms with Crippen LogP contribution in [0.5, 0.6) is 0 Å². The Labute approximate surface area is 315 Å². The molecule has 0 amide bonds.